The van der Waals surface area contributed by atoms with Crippen molar-refractivity contribution in [2.45, 2.75) is 0 Å². The quantitative estimate of drug-likeness (QED) is 0.0812. The number of benzene rings is 4. The number of halogens is 4. The number of hydrogen-bond donors (Lipinski definition) is 2. The number of hydrogen-bond acceptors (Lipinski definition) is 4. The minimum Gasteiger partial charge on any atom is -0.421 e. The van der Waals surface area contributed by atoms with Gasteiger partial charge in [-0.1, -0.05) is 75.5 Å². The van der Waals surface area contributed by atoms with Crippen molar-refractivity contribution in [2.24, 2.45) is 5.10 Å². The topological polar surface area (TPSA) is 83.5 Å². The number of H-pyrrole nitrogens is 1. The first-order valence-corrected chi connectivity index (χ1v) is 13.8. The number of rotatable bonds is 6. The molecular formula is C29H17Br2Cl2N3O3. The van der Waals surface area contributed by atoms with E-state index in [1.807, 2.05) is 42.5 Å². The summed E-state index contributed by atoms with van der Waals surface area (Å²) in [6.45, 7) is 0. The van der Waals surface area contributed by atoms with Gasteiger partial charge >= 0.3 is 5.97 Å². The Balaban J connectivity index is 1.44. The highest BCUT2D eigenvalue weighted by molar-refractivity contribution is 9.11. The Bertz CT molecular complexity index is 1750. The number of aromatic nitrogens is 1. The molecule has 0 bridgehead atoms. The lowest BCUT2D eigenvalue weighted by Gasteiger charge is -2.11. The van der Waals surface area contributed by atoms with E-state index in [1.165, 1.54) is 6.21 Å². The van der Waals surface area contributed by atoms with Crippen LogP contribution >= 0.6 is 55.1 Å². The zero-order valence-electron chi connectivity index (χ0n) is 19.8. The molecule has 5 aromatic rings. The highest BCUT2D eigenvalue weighted by Crippen LogP contribution is 2.37. The van der Waals surface area contributed by atoms with Gasteiger partial charge in [0.1, 0.15) is 5.69 Å². The van der Waals surface area contributed by atoms with E-state index in [0.717, 1.165) is 16.5 Å². The number of hydrazone groups is 1. The van der Waals surface area contributed by atoms with Gasteiger partial charge in [0.15, 0.2) is 5.75 Å². The summed E-state index contributed by atoms with van der Waals surface area (Å²) >= 11 is 19.3. The van der Waals surface area contributed by atoms with E-state index in [0.29, 0.717) is 41.4 Å². The number of amides is 1. The molecule has 10 heteroatoms. The number of para-hydroxylation sites is 1. The molecule has 0 aliphatic rings. The van der Waals surface area contributed by atoms with Gasteiger partial charge in [-0.15, -0.1) is 0 Å². The van der Waals surface area contributed by atoms with Crippen LogP contribution in [0.3, 0.4) is 0 Å². The van der Waals surface area contributed by atoms with Crippen molar-refractivity contribution >= 4 is 84.1 Å². The number of carbonyl (C=O) groups is 2. The Morgan fingerprint density at radius 2 is 1.64 bits per heavy atom. The van der Waals surface area contributed by atoms with Gasteiger partial charge in [0.25, 0.3) is 5.91 Å². The number of nitrogens with zero attached hydrogens (tertiary/aromatic N) is 1. The molecule has 0 unspecified atom stereocenters. The maximum absolute atomic E-state index is 13.3. The van der Waals surface area contributed by atoms with Crippen LogP contribution in [0.2, 0.25) is 10.0 Å². The predicted octanol–water partition coefficient (Wildman–Crippen LogP) is 8.65. The molecule has 0 spiro atoms. The van der Waals surface area contributed by atoms with Crippen LogP contribution in [-0.4, -0.2) is 23.1 Å². The van der Waals surface area contributed by atoms with Crippen LogP contribution in [0, 0.1) is 0 Å². The molecule has 0 aliphatic carbocycles. The largest absolute Gasteiger partial charge is 0.421 e. The number of esters is 1. The van der Waals surface area contributed by atoms with Gasteiger partial charge in [-0.3, -0.25) is 4.79 Å². The molecular weight excluding hydrogens is 669 g/mol. The lowest BCUT2D eigenvalue weighted by atomic mass is 10.0. The molecule has 1 heterocycles. The third-order valence-electron chi connectivity index (χ3n) is 5.76. The van der Waals surface area contributed by atoms with Gasteiger partial charge in [0, 0.05) is 42.1 Å². The number of carbonyl (C=O) groups excluding carboxylic acids is 2. The minimum absolute atomic E-state index is 0.235. The molecule has 1 amide bonds. The molecule has 5 rings (SSSR count). The highest BCUT2D eigenvalue weighted by Gasteiger charge is 2.21. The minimum atomic E-state index is -0.573. The van der Waals surface area contributed by atoms with E-state index >= 15 is 0 Å². The molecule has 6 nitrogen and oxygen atoms in total. The van der Waals surface area contributed by atoms with Crippen LogP contribution in [0.4, 0.5) is 0 Å². The summed E-state index contributed by atoms with van der Waals surface area (Å²) in [5.74, 6) is -0.805. The second kappa shape index (κ2) is 11.8. The number of aromatic amines is 1. The number of ether oxygens (including phenoxy) is 1. The van der Waals surface area contributed by atoms with Gasteiger partial charge in [-0.05, 0) is 64.5 Å². The van der Waals surface area contributed by atoms with Gasteiger partial charge in [-0.2, -0.15) is 5.10 Å². The van der Waals surface area contributed by atoms with E-state index in [9.17, 15) is 9.59 Å². The third-order valence-corrected chi connectivity index (χ3v) is 7.39. The Hall–Kier alpha value is -3.43. The van der Waals surface area contributed by atoms with Gasteiger partial charge in [0.05, 0.1) is 16.3 Å². The smallest absolute Gasteiger partial charge is 0.343 e. The summed E-state index contributed by atoms with van der Waals surface area (Å²) in [7, 11) is 0. The maximum atomic E-state index is 13.3. The molecule has 0 radical (unpaired) electrons. The average Bonchev–Trinajstić information content (AvgIpc) is 3.30. The van der Waals surface area contributed by atoms with E-state index in [4.69, 9.17) is 27.9 Å². The fourth-order valence-electron chi connectivity index (χ4n) is 3.99. The first kappa shape index (κ1) is 27.1. The van der Waals surface area contributed by atoms with Gasteiger partial charge < -0.3 is 9.72 Å². The van der Waals surface area contributed by atoms with Crippen molar-refractivity contribution in [3.8, 4) is 16.9 Å². The molecule has 194 valence electrons. The molecule has 1 aromatic heterocycles. The fraction of sp³-hybridized carbons (Fsp3) is 0. The fourth-order valence-corrected chi connectivity index (χ4v) is 5.69. The second-order valence-corrected chi connectivity index (χ2v) is 10.9. The summed E-state index contributed by atoms with van der Waals surface area (Å²) in [4.78, 5) is 29.2. The Morgan fingerprint density at radius 3 is 2.41 bits per heavy atom. The molecule has 4 aromatic carbocycles. The van der Waals surface area contributed by atoms with Crippen molar-refractivity contribution in [3.05, 3.63) is 121 Å². The maximum Gasteiger partial charge on any atom is 0.343 e. The molecule has 39 heavy (non-hydrogen) atoms. The van der Waals surface area contributed by atoms with Crippen LogP contribution in [0.25, 0.3) is 22.0 Å². The molecule has 0 saturated heterocycles. The van der Waals surface area contributed by atoms with Crippen molar-refractivity contribution < 1.29 is 14.3 Å². The first-order valence-electron chi connectivity index (χ1n) is 11.5. The SMILES string of the molecule is O=C(Oc1c(Br)cc(Br)cc1C=NNC(=O)c1[nH]c2ccccc2c1-c1ccccc1Cl)c1ccc(Cl)cc1. The lowest BCUT2D eigenvalue weighted by Crippen LogP contribution is -2.19. The van der Waals surface area contributed by atoms with E-state index in [2.05, 4.69) is 47.4 Å². The van der Waals surface area contributed by atoms with Crippen LogP contribution in [0.15, 0.2) is 99.0 Å². The Morgan fingerprint density at radius 1 is 0.923 bits per heavy atom. The molecule has 0 aliphatic heterocycles. The summed E-state index contributed by atoms with van der Waals surface area (Å²) < 4.78 is 6.89. The molecule has 0 fully saturated rings. The van der Waals surface area contributed by atoms with E-state index < -0.39 is 11.9 Å². The first-order chi connectivity index (χ1) is 18.8. The molecule has 0 saturated carbocycles. The van der Waals surface area contributed by atoms with Gasteiger partial charge in [0.2, 0.25) is 0 Å². The van der Waals surface area contributed by atoms with Crippen LogP contribution in [0.5, 0.6) is 5.75 Å². The van der Waals surface area contributed by atoms with Crippen molar-refractivity contribution in [1.29, 1.82) is 0 Å². The second-order valence-electron chi connectivity index (χ2n) is 8.30. The zero-order chi connectivity index (χ0) is 27.5. The summed E-state index contributed by atoms with van der Waals surface area (Å²) in [6, 6.07) is 24.7. The van der Waals surface area contributed by atoms with Crippen LogP contribution < -0.4 is 10.2 Å². The van der Waals surface area contributed by atoms with E-state index in [-0.39, 0.29) is 5.75 Å². The standard InChI is InChI=1S/C29H17Br2Cl2N3O3/c30-18-13-17(27(22(31)14-18)39-29(38)16-9-11-19(32)12-10-16)15-34-36-28(37)26-25(20-5-1-3-7-23(20)33)21-6-2-4-8-24(21)35-26/h1-15,35H,(H,36,37). The Kier molecular flexibility index (Phi) is 8.18. The van der Waals surface area contributed by atoms with Crippen LogP contribution in [-0.2, 0) is 0 Å². The zero-order valence-corrected chi connectivity index (χ0v) is 24.5. The van der Waals surface area contributed by atoms with Crippen molar-refractivity contribution in [2.75, 3.05) is 0 Å². The van der Waals surface area contributed by atoms with Crippen LogP contribution in [0.1, 0.15) is 26.4 Å². The Labute approximate surface area is 250 Å². The van der Waals surface area contributed by atoms with E-state index in [1.54, 1.807) is 42.5 Å². The number of nitrogens with one attached hydrogen (secondary N) is 2. The summed E-state index contributed by atoms with van der Waals surface area (Å²) in [5, 5.41) is 6.03. The molecule has 2 N–H and O–H groups in total. The predicted molar refractivity (Wildman–Crippen MR) is 162 cm³/mol. The summed E-state index contributed by atoms with van der Waals surface area (Å²) in [5.41, 5.74) is 5.83. The third kappa shape index (κ3) is 5.94. The number of fused-ring (bicyclic) bond motifs is 1. The van der Waals surface area contributed by atoms with Gasteiger partial charge in [-0.25, -0.2) is 10.2 Å². The normalized spacial score (nSPS) is 11.2. The monoisotopic (exact) mass is 683 g/mol. The summed E-state index contributed by atoms with van der Waals surface area (Å²) in [6.07, 6.45) is 1.40. The van der Waals surface area contributed by atoms with Crippen molar-refractivity contribution in [3.63, 3.8) is 0 Å². The average molecular weight is 686 g/mol. The molecule has 0 atom stereocenters. The van der Waals surface area contributed by atoms with Crippen molar-refractivity contribution in [1.82, 2.24) is 10.4 Å². The lowest BCUT2D eigenvalue weighted by molar-refractivity contribution is 0.0733. The highest BCUT2D eigenvalue weighted by atomic mass is 79.9.